The number of benzene rings is 2. The lowest BCUT2D eigenvalue weighted by Crippen LogP contribution is -2.45. The minimum atomic E-state index is -0.0708. The van der Waals surface area contributed by atoms with Crippen molar-refractivity contribution in [2.24, 2.45) is 0 Å². The molecule has 0 bridgehead atoms. The first-order chi connectivity index (χ1) is 14.0. The van der Waals surface area contributed by atoms with E-state index < -0.39 is 0 Å². The monoisotopic (exact) mass is 392 g/mol. The number of fused-ring (bicyclic) bond motifs is 2. The summed E-state index contributed by atoms with van der Waals surface area (Å²) in [5.41, 5.74) is 3.68. The number of rotatable bonds is 5. The summed E-state index contributed by atoms with van der Waals surface area (Å²) in [5, 5.41) is 3.34. The van der Waals surface area contributed by atoms with Crippen LogP contribution in [0.25, 0.3) is 0 Å². The van der Waals surface area contributed by atoms with Crippen molar-refractivity contribution < 1.29 is 9.59 Å². The molecule has 1 saturated heterocycles. The molecule has 152 valence electrons. The highest BCUT2D eigenvalue weighted by Crippen LogP contribution is 2.36. The summed E-state index contributed by atoms with van der Waals surface area (Å²) in [6.45, 7) is 5.15. The molecule has 0 atom stereocenters. The summed E-state index contributed by atoms with van der Waals surface area (Å²) in [6.07, 6.45) is 0. The Balaban J connectivity index is 1.72. The van der Waals surface area contributed by atoms with Crippen LogP contribution >= 0.6 is 0 Å². The largest absolute Gasteiger partial charge is 0.383 e. The fourth-order valence-corrected chi connectivity index (χ4v) is 4.10. The number of piperazine rings is 1. The van der Waals surface area contributed by atoms with Crippen LogP contribution in [0, 0.1) is 0 Å². The lowest BCUT2D eigenvalue weighted by atomic mass is 9.82. The third-order valence-electron chi connectivity index (χ3n) is 5.77. The van der Waals surface area contributed by atoms with E-state index in [9.17, 15) is 9.59 Å². The van der Waals surface area contributed by atoms with Crippen LogP contribution < -0.4 is 10.2 Å². The molecule has 1 aliphatic carbocycles. The van der Waals surface area contributed by atoms with Gasteiger partial charge in [-0.3, -0.25) is 9.59 Å². The van der Waals surface area contributed by atoms with Crippen LogP contribution in [-0.2, 0) is 0 Å². The van der Waals surface area contributed by atoms with Gasteiger partial charge in [0.1, 0.15) is 0 Å². The first-order valence-electron chi connectivity index (χ1n) is 10.1. The second kappa shape index (κ2) is 7.97. The van der Waals surface area contributed by atoms with Crippen molar-refractivity contribution in [3.8, 4) is 0 Å². The molecule has 0 aromatic heterocycles. The lowest BCUT2D eigenvalue weighted by molar-refractivity contribution is 0.0980. The molecule has 4 rings (SSSR count). The number of carbonyl (C=O) groups is 2. The quantitative estimate of drug-likeness (QED) is 0.718. The second-order valence-electron chi connectivity index (χ2n) is 8.11. The van der Waals surface area contributed by atoms with Crippen LogP contribution in [0.5, 0.6) is 0 Å². The molecule has 0 unspecified atom stereocenters. The number of hydrogen-bond donors (Lipinski definition) is 1. The number of nitrogens with zero attached hydrogens (tertiary/aromatic N) is 3. The molecule has 1 aliphatic heterocycles. The predicted octanol–water partition coefficient (Wildman–Crippen LogP) is 2.19. The molecule has 2 aromatic rings. The summed E-state index contributed by atoms with van der Waals surface area (Å²) in [6, 6.07) is 11.2. The zero-order chi connectivity index (χ0) is 20.5. The molecular weight excluding hydrogens is 364 g/mol. The molecule has 2 aliphatic rings. The third-order valence-corrected chi connectivity index (χ3v) is 5.77. The number of anilines is 2. The Labute approximate surface area is 172 Å². The first-order valence-corrected chi connectivity index (χ1v) is 10.1. The van der Waals surface area contributed by atoms with E-state index in [4.69, 9.17) is 0 Å². The first kappa shape index (κ1) is 19.6. The Bertz CT molecular complexity index is 946. The summed E-state index contributed by atoms with van der Waals surface area (Å²) in [7, 11) is 6.12. The normalized spacial score (nSPS) is 16.8. The topological polar surface area (TPSA) is 55.9 Å². The predicted molar refractivity (Wildman–Crippen MR) is 117 cm³/mol. The molecule has 1 fully saturated rings. The van der Waals surface area contributed by atoms with Gasteiger partial charge in [-0.05, 0) is 33.3 Å². The van der Waals surface area contributed by atoms with E-state index in [2.05, 4.69) is 27.1 Å². The zero-order valence-corrected chi connectivity index (χ0v) is 17.4. The van der Waals surface area contributed by atoms with Gasteiger partial charge in [-0.2, -0.15) is 0 Å². The minimum Gasteiger partial charge on any atom is -0.383 e. The van der Waals surface area contributed by atoms with Crippen LogP contribution in [0.1, 0.15) is 31.8 Å². The summed E-state index contributed by atoms with van der Waals surface area (Å²) < 4.78 is 0. The highest BCUT2D eigenvalue weighted by atomic mass is 16.1. The van der Waals surface area contributed by atoms with E-state index in [0.29, 0.717) is 28.8 Å². The molecule has 6 heteroatoms. The average Bonchev–Trinajstić information content (AvgIpc) is 2.71. The van der Waals surface area contributed by atoms with E-state index in [1.54, 1.807) is 12.1 Å². The Morgan fingerprint density at radius 3 is 2.21 bits per heavy atom. The van der Waals surface area contributed by atoms with Gasteiger partial charge >= 0.3 is 0 Å². The highest BCUT2D eigenvalue weighted by molar-refractivity contribution is 6.31. The highest BCUT2D eigenvalue weighted by Gasteiger charge is 2.34. The van der Waals surface area contributed by atoms with E-state index in [1.165, 1.54) is 0 Å². The number of likely N-dealkylation sites (N-methyl/N-ethyl adjacent to an activating group) is 2. The number of nitrogens with one attached hydrogen (secondary N) is 1. The van der Waals surface area contributed by atoms with Gasteiger partial charge < -0.3 is 20.0 Å². The Hall–Kier alpha value is -2.70. The molecule has 1 heterocycles. The van der Waals surface area contributed by atoms with E-state index >= 15 is 0 Å². The third kappa shape index (κ3) is 3.66. The van der Waals surface area contributed by atoms with Gasteiger partial charge in [-0.15, -0.1) is 0 Å². The van der Waals surface area contributed by atoms with E-state index in [1.807, 2.05) is 38.4 Å². The Morgan fingerprint density at radius 2 is 1.52 bits per heavy atom. The molecule has 1 N–H and O–H groups in total. The van der Waals surface area contributed by atoms with Gasteiger partial charge in [0.05, 0.1) is 11.1 Å². The van der Waals surface area contributed by atoms with Gasteiger partial charge in [-0.25, -0.2) is 0 Å². The number of ketones is 2. The van der Waals surface area contributed by atoms with Crippen LogP contribution in [0.4, 0.5) is 11.4 Å². The van der Waals surface area contributed by atoms with Gasteiger partial charge in [0.2, 0.25) is 0 Å². The van der Waals surface area contributed by atoms with Crippen LogP contribution in [0.3, 0.4) is 0 Å². The Kier molecular flexibility index (Phi) is 5.39. The van der Waals surface area contributed by atoms with Gasteiger partial charge in [0.25, 0.3) is 0 Å². The standard InChI is InChI=1S/C23H28N4O2/c1-25(2)11-10-24-18-8-4-6-16-20(18)22(28)17-7-5-9-19(21(17)23(16)29)27-14-12-26(3)13-15-27/h4-9,24H,10-15H2,1-3H3. The van der Waals surface area contributed by atoms with Crippen molar-refractivity contribution >= 4 is 22.9 Å². The fraction of sp³-hybridized carbons (Fsp3) is 0.391. The van der Waals surface area contributed by atoms with Crippen molar-refractivity contribution in [3.63, 3.8) is 0 Å². The summed E-state index contributed by atoms with van der Waals surface area (Å²) >= 11 is 0. The van der Waals surface area contributed by atoms with Crippen molar-refractivity contribution in [2.75, 3.05) is 70.6 Å². The molecule has 0 spiro atoms. The maximum Gasteiger partial charge on any atom is 0.196 e. The smallest absolute Gasteiger partial charge is 0.196 e. The number of hydrogen-bond acceptors (Lipinski definition) is 6. The van der Waals surface area contributed by atoms with Crippen molar-refractivity contribution in [3.05, 3.63) is 58.7 Å². The SMILES string of the molecule is CN(C)CCNc1cccc2c1C(=O)c1cccc(N3CCN(C)CC3)c1C2=O. The van der Waals surface area contributed by atoms with Crippen LogP contribution in [-0.4, -0.2) is 81.8 Å². The van der Waals surface area contributed by atoms with Gasteiger partial charge in [-0.1, -0.05) is 24.3 Å². The Morgan fingerprint density at radius 1 is 0.897 bits per heavy atom. The molecule has 0 amide bonds. The second-order valence-corrected chi connectivity index (χ2v) is 8.11. The van der Waals surface area contributed by atoms with Crippen LogP contribution in [0.2, 0.25) is 0 Å². The fourth-order valence-electron chi connectivity index (χ4n) is 4.10. The van der Waals surface area contributed by atoms with Crippen molar-refractivity contribution in [2.45, 2.75) is 0 Å². The molecule has 29 heavy (non-hydrogen) atoms. The van der Waals surface area contributed by atoms with E-state index in [-0.39, 0.29) is 11.6 Å². The van der Waals surface area contributed by atoms with E-state index in [0.717, 1.165) is 44.1 Å². The maximum absolute atomic E-state index is 13.5. The number of carbonyl (C=O) groups excluding carboxylic acids is 2. The molecule has 0 saturated carbocycles. The zero-order valence-electron chi connectivity index (χ0n) is 17.4. The maximum atomic E-state index is 13.5. The molecule has 6 nitrogen and oxygen atoms in total. The lowest BCUT2D eigenvalue weighted by Gasteiger charge is -2.36. The van der Waals surface area contributed by atoms with Crippen molar-refractivity contribution in [1.29, 1.82) is 0 Å². The summed E-state index contributed by atoms with van der Waals surface area (Å²) in [5.74, 6) is -0.126. The van der Waals surface area contributed by atoms with Crippen LogP contribution in [0.15, 0.2) is 36.4 Å². The average molecular weight is 393 g/mol. The van der Waals surface area contributed by atoms with Gasteiger partial charge in [0.15, 0.2) is 11.6 Å². The minimum absolute atomic E-state index is 0.0552. The summed E-state index contributed by atoms with van der Waals surface area (Å²) in [4.78, 5) is 33.5. The van der Waals surface area contributed by atoms with Gasteiger partial charge in [0, 0.05) is 61.8 Å². The molecular formula is C23H28N4O2. The molecule has 2 aromatic carbocycles. The van der Waals surface area contributed by atoms with Crippen molar-refractivity contribution in [1.82, 2.24) is 9.80 Å². The molecule has 0 radical (unpaired) electrons.